The molecule has 1 heterocycles. The zero-order valence-electron chi connectivity index (χ0n) is 14.8. The second-order valence-electron chi connectivity index (χ2n) is 6.55. The normalized spacial score (nSPS) is 20.6. The minimum Gasteiger partial charge on any atom is -0.496 e. The van der Waals surface area contributed by atoms with Crippen molar-refractivity contribution >= 4 is 17.3 Å². The van der Waals surface area contributed by atoms with Crippen molar-refractivity contribution in [2.24, 2.45) is 0 Å². The number of nitrogens with two attached hydrogens (primary N) is 1. The van der Waals surface area contributed by atoms with Gasteiger partial charge in [-0.15, -0.1) is 0 Å². The highest BCUT2D eigenvalue weighted by molar-refractivity contribution is 5.99. The number of nitro groups is 1. The standard InChI is InChI=1S/C16H24N4O4/c1-10-8-19(9-11(2)17-10)16(21)12-6-14(20(22)23)13(18(3)4)7-15(12)24-5/h6-7,10-11,17H,8-9H2,1-5H3/p+1/t10-,11-/m1/s1. The SMILES string of the molecule is COc1cc(N(C)C)c([N+](=O)[O-])cc1C(=O)N1C[C@@H](C)[NH2+][C@H](C)C1. The summed E-state index contributed by atoms with van der Waals surface area (Å²) < 4.78 is 5.33. The van der Waals surface area contributed by atoms with Crippen molar-refractivity contribution in [3.05, 3.63) is 27.8 Å². The number of methoxy groups -OCH3 is 1. The first-order valence-corrected chi connectivity index (χ1v) is 7.92. The number of carbonyl (C=O) groups is 1. The molecule has 2 N–H and O–H groups in total. The van der Waals surface area contributed by atoms with E-state index < -0.39 is 4.92 Å². The second kappa shape index (κ2) is 7.04. The van der Waals surface area contributed by atoms with Crippen LogP contribution in [0, 0.1) is 10.1 Å². The molecule has 0 aromatic heterocycles. The van der Waals surface area contributed by atoms with Crippen LogP contribution in [0.25, 0.3) is 0 Å². The summed E-state index contributed by atoms with van der Waals surface area (Å²) in [5.74, 6) is 0.121. The van der Waals surface area contributed by atoms with E-state index in [9.17, 15) is 14.9 Å². The third-order valence-corrected chi connectivity index (χ3v) is 4.17. The largest absolute Gasteiger partial charge is 0.496 e. The van der Waals surface area contributed by atoms with E-state index in [1.54, 1.807) is 30.0 Å². The lowest BCUT2D eigenvalue weighted by molar-refractivity contribution is -0.723. The lowest BCUT2D eigenvalue weighted by Gasteiger charge is -2.33. The van der Waals surface area contributed by atoms with Gasteiger partial charge in [-0.05, 0) is 13.8 Å². The minimum atomic E-state index is -0.471. The lowest BCUT2D eigenvalue weighted by Crippen LogP contribution is -2.99. The molecule has 8 nitrogen and oxygen atoms in total. The van der Waals surface area contributed by atoms with Gasteiger partial charge in [0.25, 0.3) is 11.6 Å². The van der Waals surface area contributed by atoms with Gasteiger partial charge in [0.1, 0.15) is 23.5 Å². The zero-order chi connectivity index (χ0) is 18.0. The molecule has 24 heavy (non-hydrogen) atoms. The van der Waals surface area contributed by atoms with Crippen LogP contribution in [0.4, 0.5) is 11.4 Å². The fraction of sp³-hybridized carbons (Fsp3) is 0.562. The topological polar surface area (TPSA) is 92.5 Å². The van der Waals surface area contributed by atoms with Crippen molar-refractivity contribution in [2.75, 3.05) is 39.2 Å². The Morgan fingerprint density at radius 1 is 1.33 bits per heavy atom. The van der Waals surface area contributed by atoms with Crippen LogP contribution >= 0.6 is 0 Å². The number of piperazine rings is 1. The molecule has 1 aliphatic heterocycles. The Balaban J connectivity index is 2.46. The molecule has 1 aromatic carbocycles. The summed E-state index contributed by atoms with van der Waals surface area (Å²) in [4.78, 5) is 27.2. The molecule has 1 aliphatic rings. The summed E-state index contributed by atoms with van der Waals surface area (Å²) in [6.07, 6.45) is 0. The molecule has 1 amide bonds. The molecular formula is C16H25N4O4+. The van der Waals surface area contributed by atoms with Crippen LogP contribution in [0.1, 0.15) is 24.2 Å². The summed E-state index contributed by atoms with van der Waals surface area (Å²) >= 11 is 0. The summed E-state index contributed by atoms with van der Waals surface area (Å²) in [6, 6.07) is 3.46. The van der Waals surface area contributed by atoms with Crippen molar-refractivity contribution in [3.63, 3.8) is 0 Å². The van der Waals surface area contributed by atoms with E-state index in [2.05, 4.69) is 19.2 Å². The van der Waals surface area contributed by atoms with Gasteiger partial charge in [-0.1, -0.05) is 0 Å². The summed E-state index contributed by atoms with van der Waals surface area (Å²) in [5.41, 5.74) is 0.534. The lowest BCUT2D eigenvalue weighted by atomic mass is 10.1. The van der Waals surface area contributed by atoms with Crippen LogP contribution in [0.5, 0.6) is 5.75 Å². The summed E-state index contributed by atoms with van der Waals surface area (Å²) in [6.45, 7) is 5.33. The van der Waals surface area contributed by atoms with Crippen molar-refractivity contribution in [1.82, 2.24) is 4.90 Å². The molecule has 1 fully saturated rings. The molecular weight excluding hydrogens is 312 g/mol. The Hall–Kier alpha value is -2.35. The number of quaternary nitrogens is 1. The fourth-order valence-corrected chi connectivity index (χ4v) is 3.19. The number of hydrogen-bond acceptors (Lipinski definition) is 5. The smallest absolute Gasteiger partial charge is 0.293 e. The number of ether oxygens (including phenoxy) is 1. The van der Waals surface area contributed by atoms with Gasteiger partial charge in [-0.3, -0.25) is 14.9 Å². The monoisotopic (exact) mass is 337 g/mol. The van der Waals surface area contributed by atoms with Gasteiger partial charge in [-0.2, -0.15) is 0 Å². The van der Waals surface area contributed by atoms with Crippen molar-refractivity contribution in [3.8, 4) is 5.75 Å². The molecule has 0 aliphatic carbocycles. The van der Waals surface area contributed by atoms with Crippen molar-refractivity contribution in [2.45, 2.75) is 25.9 Å². The van der Waals surface area contributed by atoms with Gasteiger partial charge in [0.15, 0.2) is 0 Å². The number of anilines is 1. The number of nitrogens with zero attached hydrogens (tertiary/aromatic N) is 3. The molecule has 2 atom stereocenters. The van der Waals surface area contributed by atoms with Crippen LogP contribution in [0.15, 0.2) is 12.1 Å². The highest BCUT2D eigenvalue weighted by Crippen LogP contribution is 2.35. The van der Waals surface area contributed by atoms with Gasteiger partial charge < -0.3 is 19.9 Å². The van der Waals surface area contributed by atoms with Crippen molar-refractivity contribution < 1.29 is 19.8 Å². The first kappa shape index (κ1) is 18.0. The van der Waals surface area contributed by atoms with Gasteiger partial charge >= 0.3 is 0 Å². The molecule has 0 unspecified atom stereocenters. The molecule has 1 saturated heterocycles. The maximum atomic E-state index is 12.9. The van der Waals surface area contributed by atoms with Crippen LogP contribution in [-0.4, -0.2) is 62.1 Å². The van der Waals surface area contributed by atoms with Gasteiger partial charge in [-0.25, -0.2) is 0 Å². The Bertz CT molecular complexity index is 637. The Kier molecular flexibility index (Phi) is 5.28. The average molecular weight is 337 g/mol. The Labute approximate surface area is 141 Å². The molecule has 0 bridgehead atoms. The van der Waals surface area contributed by atoms with E-state index in [1.165, 1.54) is 13.2 Å². The van der Waals surface area contributed by atoms with E-state index in [0.717, 1.165) is 0 Å². The Morgan fingerprint density at radius 2 is 1.92 bits per heavy atom. The maximum Gasteiger partial charge on any atom is 0.293 e. The predicted octanol–water partition coefficient (Wildman–Crippen LogP) is 0.466. The van der Waals surface area contributed by atoms with E-state index in [-0.39, 0.29) is 17.2 Å². The van der Waals surface area contributed by atoms with Gasteiger partial charge in [0.05, 0.1) is 30.7 Å². The maximum absolute atomic E-state index is 12.9. The number of benzene rings is 1. The summed E-state index contributed by atoms with van der Waals surface area (Å²) in [7, 11) is 4.90. The predicted molar refractivity (Wildman–Crippen MR) is 90.7 cm³/mol. The number of nitro benzene ring substituents is 1. The van der Waals surface area contributed by atoms with E-state index >= 15 is 0 Å². The number of carbonyl (C=O) groups excluding carboxylic acids is 1. The molecule has 1 aromatic rings. The van der Waals surface area contributed by atoms with E-state index in [1.807, 2.05) is 0 Å². The zero-order valence-corrected chi connectivity index (χ0v) is 14.8. The summed E-state index contributed by atoms with van der Waals surface area (Å²) in [5, 5.41) is 13.6. The molecule has 8 heteroatoms. The van der Waals surface area contributed by atoms with Crippen LogP contribution in [0.2, 0.25) is 0 Å². The number of hydrogen-bond donors (Lipinski definition) is 1. The molecule has 0 spiro atoms. The number of rotatable bonds is 4. The number of amides is 1. The van der Waals surface area contributed by atoms with E-state index in [4.69, 9.17) is 4.74 Å². The molecule has 132 valence electrons. The molecule has 0 saturated carbocycles. The first-order valence-electron chi connectivity index (χ1n) is 7.92. The highest BCUT2D eigenvalue weighted by Gasteiger charge is 2.32. The third kappa shape index (κ3) is 3.59. The van der Waals surface area contributed by atoms with Crippen LogP contribution in [-0.2, 0) is 0 Å². The Morgan fingerprint density at radius 3 is 2.38 bits per heavy atom. The van der Waals surface area contributed by atoms with E-state index in [0.29, 0.717) is 36.6 Å². The van der Waals surface area contributed by atoms with Crippen LogP contribution < -0.4 is 15.0 Å². The van der Waals surface area contributed by atoms with Gasteiger partial charge in [0, 0.05) is 26.2 Å². The van der Waals surface area contributed by atoms with Gasteiger partial charge in [0.2, 0.25) is 0 Å². The second-order valence-corrected chi connectivity index (χ2v) is 6.55. The average Bonchev–Trinajstić information content (AvgIpc) is 2.51. The highest BCUT2D eigenvalue weighted by atomic mass is 16.6. The molecule has 0 radical (unpaired) electrons. The quantitative estimate of drug-likeness (QED) is 0.637. The minimum absolute atomic E-state index is 0.103. The fourth-order valence-electron chi connectivity index (χ4n) is 3.19. The van der Waals surface area contributed by atoms with Crippen molar-refractivity contribution in [1.29, 1.82) is 0 Å². The molecule has 2 rings (SSSR count). The third-order valence-electron chi connectivity index (χ3n) is 4.17. The van der Waals surface area contributed by atoms with Crippen LogP contribution in [0.3, 0.4) is 0 Å². The first-order chi connectivity index (χ1) is 11.2.